The Hall–Kier alpha value is -1.75. The van der Waals surface area contributed by atoms with Crippen molar-refractivity contribution < 1.29 is 8.91 Å². The second kappa shape index (κ2) is 5.93. The first-order valence-corrected chi connectivity index (χ1v) is 7.48. The third kappa shape index (κ3) is 3.47. The number of rotatable bonds is 4. The highest BCUT2D eigenvalue weighted by molar-refractivity contribution is 5.20. The Bertz CT molecular complexity index is 605. The normalized spacial score (nSPS) is 17.8. The molecule has 0 bridgehead atoms. The molecule has 0 amide bonds. The lowest BCUT2D eigenvalue weighted by atomic mass is 9.80. The van der Waals surface area contributed by atoms with Crippen LogP contribution in [-0.2, 0) is 12.8 Å². The molecule has 1 aliphatic carbocycles. The number of aromatic nitrogens is 2. The lowest BCUT2D eigenvalue weighted by Gasteiger charge is -2.31. The van der Waals surface area contributed by atoms with E-state index in [1.54, 1.807) is 18.2 Å². The maximum atomic E-state index is 13.6. The zero-order valence-electron chi connectivity index (χ0n) is 12.0. The van der Waals surface area contributed by atoms with Gasteiger partial charge in [-0.2, -0.15) is 4.98 Å². The van der Waals surface area contributed by atoms with Gasteiger partial charge in [-0.3, -0.25) is 0 Å². The summed E-state index contributed by atoms with van der Waals surface area (Å²) in [4.78, 5) is 4.36. The van der Waals surface area contributed by atoms with Gasteiger partial charge in [-0.15, -0.1) is 0 Å². The molecular formula is C16H20FN3O. The highest BCUT2D eigenvalue weighted by atomic mass is 19.1. The van der Waals surface area contributed by atoms with Crippen molar-refractivity contribution in [3.63, 3.8) is 0 Å². The lowest BCUT2D eigenvalue weighted by molar-refractivity contribution is 0.260. The molecule has 5 heteroatoms. The molecule has 4 nitrogen and oxygen atoms in total. The number of nitrogens with two attached hydrogens (primary N) is 1. The van der Waals surface area contributed by atoms with E-state index >= 15 is 0 Å². The Labute approximate surface area is 123 Å². The minimum absolute atomic E-state index is 0.222. The quantitative estimate of drug-likeness (QED) is 0.939. The molecule has 3 rings (SSSR count). The smallest absolute Gasteiger partial charge is 0.228 e. The second-order valence-corrected chi connectivity index (χ2v) is 5.97. The monoisotopic (exact) mass is 289 g/mol. The molecule has 21 heavy (non-hydrogen) atoms. The molecule has 0 unspecified atom stereocenters. The summed E-state index contributed by atoms with van der Waals surface area (Å²) in [6.45, 7) is 0. The molecule has 0 atom stereocenters. The SMILES string of the molecule is NC1(Cc2nc(Cc3ccccc3F)no2)CCCCC1. The number of halogens is 1. The van der Waals surface area contributed by atoms with Gasteiger partial charge >= 0.3 is 0 Å². The predicted octanol–water partition coefficient (Wildman–Crippen LogP) is 3.00. The highest BCUT2D eigenvalue weighted by Gasteiger charge is 2.30. The summed E-state index contributed by atoms with van der Waals surface area (Å²) in [5.74, 6) is 0.826. The standard InChI is InChI=1S/C16H20FN3O/c17-13-7-3-2-6-12(13)10-14-19-15(21-20-14)11-16(18)8-4-1-5-9-16/h2-3,6-7H,1,4-5,8-11,18H2. The van der Waals surface area contributed by atoms with Gasteiger partial charge in [-0.25, -0.2) is 4.39 Å². The fourth-order valence-electron chi connectivity index (χ4n) is 2.98. The fraction of sp³-hybridized carbons (Fsp3) is 0.500. The van der Waals surface area contributed by atoms with E-state index in [4.69, 9.17) is 10.3 Å². The third-order valence-electron chi connectivity index (χ3n) is 4.17. The highest BCUT2D eigenvalue weighted by Crippen LogP contribution is 2.28. The van der Waals surface area contributed by atoms with E-state index in [1.807, 2.05) is 0 Å². The molecule has 0 aliphatic heterocycles. The maximum Gasteiger partial charge on any atom is 0.228 e. The molecule has 112 valence electrons. The average molecular weight is 289 g/mol. The van der Waals surface area contributed by atoms with Gasteiger partial charge in [0, 0.05) is 18.4 Å². The lowest BCUT2D eigenvalue weighted by Crippen LogP contribution is -2.43. The summed E-state index contributed by atoms with van der Waals surface area (Å²) in [5.41, 5.74) is 6.74. The third-order valence-corrected chi connectivity index (χ3v) is 4.17. The van der Waals surface area contributed by atoms with E-state index < -0.39 is 0 Å². The fourth-order valence-corrected chi connectivity index (χ4v) is 2.98. The Morgan fingerprint density at radius 2 is 1.95 bits per heavy atom. The van der Waals surface area contributed by atoms with Crippen molar-refractivity contribution in [2.75, 3.05) is 0 Å². The maximum absolute atomic E-state index is 13.6. The van der Waals surface area contributed by atoms with Crippen LogP contribution in [0.5, 0.6) is 0 Å². The Balaban J connectivity index is 1.67. The first-order chi connectivity index (χ1) is 10.1. The van der Waals surface area contributed by atoms with Crippen LogP contribution in [0.2, 0.25) is 0 Å². The molecular weight excluding hydrogens is 269 g/mol. The van der Waals surface area contributed by atoms with E-state index in [0.717, 1.165) is 25.7 Å². The van der Waals surface area contributed by atoms with Gasteiger partial charge in [-0.05, 0) is 24.5 Å². The summed E-state index contributed by atoms with van der Waals surface area (Å²) in [5, 5.41) is 3.94. The number of benzene rings is 1. The van der Waals surface area contributed by atoms with Crippen molar-refractivity contribution in [3.05, 3.63) is 47.4 Å². The molecule has 0 saturated heterocycles. The van der Waals surface area contributed by atoms with Crippen LogP contribution >= 0.6 is 0 Å². The van der Waals surface area contributed by atoms with Crippen LogP contribution in [0.1, 0.15) is 49.4 Å². The van der Waals surface area contributed by atoms with Gasteiger partial charge in [0.15, 0.2) is 5.82 Å². The van der Waals surface area contributed by atoms with Crippen LogP contribution in [0.25, 0.3) is 0 Å². The number of nitrogens with zero attached hydrogens (tertiary/aromatic N) is 2. The largest absolute Gasteiger partial charge is 0.339 e. The Kier molecular flexibility index (Phi) is 4.01. The van der Waals surface area contributed by atoms with E-state index in [2.05, 4.69) is 10.1 Å². The van der Waals surface area contributed by atoms with Crippen LogP contribution in [0.15, 0.2) is 28.8 Å². The minimum atomic E-state index is -0.244. The van der Waals surface area contributed by atoms with Crippen molar-refractivity contribution in [1.82, 2.24) is 10.1 Å². The molecule has 1 aliphatic rings. The first-order valence-electron chi connectivity index (χ1n) is 7.48. The van der Waals surface area contributed by atoms with Crippen molar-refractivity contribution in [2.45, 2.75) is 50.5 Å². The van der Waals surface area contributed by atoms with Crippen molar-refractivity contribution in [3.8, 4) is 0 Å². The van der Waals surface area contributed by atoms with E-state index in [1.165, 1.54) is 12.5 Å². The van der Waals surface area contributed by atoms with Crippen molar-refractivity contribution in [1.29, 1.82) is 0 Å². The van der Waals surface area contributed by atoms with Gasteiger partial charge in [0.1, 0.15) is 5.82 Å². The van der Waals surface area contributed by atoms with E-state index in [9.17, 15) is 4.39 Å². The topological polar surface area (TPSA) is 64.9 Å². The molecule has 2 aromatic rings. The molecule has 1 fully saturated rings. The van der Waals surface area contributed by atoms with Gasteiger partial charge in [0.25, 0.3) is 0 Å². The van der Waals surface area contributed by atoms with Gasteiger partial charge in [0.2, 0.25) is 5.89 Å². The van der Waals surface area contributed by atoms with Crippen LogP contribution < -0.4 is 5.73 Å². The van der Waals surface area contributed by atoms with Crippen LogP contribution in [0.3, 0.4) is 0 Å². The molecule has 1 aromatic heterocycles. The molecule has 1 heterocycles. The van der Waals surface area contributed by atoms with Gasteiger partial charge < -0.3 is 10.3 Å². The average Bonchev–Trinajstić information content (AvgIpc) is 2.89. The summed E-state index contributed by atoms with van der Waals surface area (Å²) >= 11 is 0. The second-order valence-electron chi connectivity index (χ2n) is 5.97. The van der Waals surface area contributed by atoms with Gasteiger partial charge in [0.05, 0.1) is 0 Å². The zero-order valence-corrected chi connectivity index (χ0v) is 12.0. The molecule has 2 N–H and O–H groups in total. The molecule has 1 saturated carbocycles. The van der Waals surface area contributed by atoms with Crippen LogP contribution in [0.4, 0.5) is 4.39 Å². The van der Waals surface area contributed by atoms with E-state index in [0.29, 0.717) is 30.1 Å². The molecule has 1 aromatic carbocycles. The summed E-state index contributed by atoms with van der Waals surface area (Å²) in [6, 6.07) is 6.64. The summed E-state index contributed by atoms with van der Waals surface area (Å²) in [7, 11) is 0. The Morgan fingerprint density at radius 3 is 2.71 bits per heavy atom. The Morgan fingerprint density at radius 1 is 1.19 bits per heavy atom. The van der Waals surface area contributed by atoms with Crippen molar-refractivity contribution >= 4 is 0 Å². The zero-order chi connectivity index (χ0) is 14.7. The van der Waals surface area contributed by atoms with Crippen LogP contribution in [0, 0.1) is 5.82 Å². The van der Waals surface area contributed by atoms with Crippen molar-refractivity contribution in [2.24, 2.45) is 5.73 Å². The summed E-state index contributed by atoms with van der Waals surface area (Å²) in [6.07, 6.45) is 6.52. The summed E-state index contributed by atoms with van der Waals surface area (Å²) < 4.78 is 18.9. The number of hydrogen-bond acceptors (Lipinski definition) is 4. The van der Waals surface area contributed by atoms with E-state index in [-0.39, 0.29) is 11.4 Å². The molecule has 0 spiro atoms. The minimum Gasteiger partial charge on any atom is -0.339 e. The number of hydrogen-bond donors (Lipinski definition) is 1. The predicted molar refractivity (Wildman–Crippen MR) is 77.2 cm³/mol. The first kappa shape index (κ1) is 14.2. The van der Waals surface area contributed by atoms with Gasteiger partial charge in [-0.1, -0.05) is 42.6 Å². The molecule has 0 radical (unpaired) electrons. The van der Waals surface area contributed by atoms with Crippen LogP contribution in [-0.4, -0.2) is 15.7 Å².